The Bertz CT molecular complexity index is 685. The molecule has 0 atom stereocenters. The van der Waals surface area contributed by atoms with Crippen LogP contribution in [0.4, 0.5) is 5.95 Å². The zero-order valence-electron chi connectivity index (χ0n) is 14.5. The Balaban J connectivity index is 1.54. The van der Waals surface area contributed by atoms with Crippen molar-refractivity contribution >= 4 is 11.9 Å². The number of nitrogens with zero attached hydrogens (tertiary/aromatic N) is 4. The lowest BCUT2D eigenvalue weighted by molar-refractivity contribution is -0.131. The number of anilines is 1. The highest BCUT2D eigenvalue weighted by molar-refractivity contribution is 5.78. The van der Waals surface area contributed by atoms with Gasteiger partial charge in [-0.2, -0.15) is 4.98 Å². The number of hydrogen-bond donors (Lipinski definition) is 0. The van der Waals surface area contributed by atoms with Crippen molar-refractivity contribution in [3.8, 4) is 0 Å². The fraction of sp³-hybridized carbons (Fsp3) is 0.500. The van der Waals surface area contributed by atoms with Crippen LogP contribution in [0.3, 0.4) is 0 Å². The van der Waals surface area contributed by atoms with Gasteiger partial charge in [-0.15, -0.1) is 0 Å². The van der Waals surface area contributed by atoms with Crippen LogP contribution < -0.4 is 4.90 Å². The van der Waals surface area contributed by atoms with Crippen LogP contribution in [0.25, 0.3) is 0 Å². The van der Waals surface area contributed by atoms with Crippen LogP contribution in [-0.4, -0.2) is 48.1 Å². The van der Waals surface area contributed by atoms with Crippen molar-refractivity contribution < 1.29 is 9.32 Å². The molecule has 6 nitrogen and oxygen atoms in total. The van der Waals surface area contributed by atoms with Crippen molar-refractivity contribution in [2.24, 2.45) is 0 Å². The second-order valence-corrected chi connectivity index (χ2v) is 6.64. The van der Waals surface area contributed by atoms with Crippen molar-refractivity contribution in [2.45, 2.75) is 32.1 Å². The van der Waals surface area contributed by atoms with Gasteiger partial charge in [0.15, 0.2) is 0 Å². The Morgan fingerprint density at radius 3 is 2.50 bits per heavy atom. The molecule has 0 N–H and O–H groups in total. The first-order valence-corrected chi connectivity index (χ1v) is 8.37. The minimum Gasteiger partial charge on any atom is -0.344 e. The molecule has 0 radical (unpaired) electrons. The van der Waals surface area contributed by atoms with Gasteiger partial charge in [-0.05, 0) is 30.5 Å². The highest BCUT2D eigenvalue weighted by atomic mass is 16.5. The van der Waals surface area contributed by atoms with E-state index >= 15 is 0 Å². The van der Waals surface area contributed by atoms with Crippen LogP contribution >= 0.6 is 0 Å². The monoisotopic (exact) mass is 328 g/mol. The fourth-order valence-corrected chi connectivity index (χ4v) is 2.94. The molecule has 1 aliphatic heterocycles. The maximum Gasteiger partial charge on any atom is 0.265 e. The van der Waals surface area contributed by atoms with Gasteiger partial charge >= 0.3 is 0 Å². The quantitative estimate of drug-likeness (QED) is 0.862. The molecule has 0 unspecified atom stereocenters. The predicted octanol–water partition coefficient (Wildman–Crippen LogP) is 2.39. The van der Waals surface area contributed by atoms with Gasteiger partial charge in [0.25, 0.3) is 5.95 Å². The minimum atomic E-state index is 0.191. The van der Waals surface area contributed by atoms with Crippen LogP contribution in [0, 0.1) is 6.92 Å². The highest BCUT2D eigenvalue weighted by Gasteiger charge is 2.27. The second-order valence-electron chi connectivity index (χ2n) is 6.64. The van der Waals surface area contributed by atoms with Gasteiger partial charge in [0.2, 0.25) is 11.8 Å². The van der Waals surface area contributed by atoms with Crippen molar-refractivity contribution in [2.75, 3.05) is 32.1 Å². The molecule has 2 aromatic rings. The summed E-state index contributed by atoms with van der Waals surface area (Å²) in [5, 5.41) is 3.97. The zero-order chi connectivity index (χ0) is 17.1. The van der Waals surface area contributed by atoms with Crippen molar-refractivity contribution in [3.63, 3.8) is 0 Å². The summed E-state index contributed by atoms with van der Waals surface area (Å²) in [6, 6.07) is 8.15. The van der Waals surface area contributed by atoms with E-state index in [1.807, 2.05) is 48.2 Å². The van der Waals surface area contributed by atoms with E-state index in [1.165, 1.54) is 5.56 Å². The van der Waals surface area contributed by atoms with Gasteiger partial charge in [0, 0.05) is 33.1 Å². The normalized spacial score (nSPS) is 15.5. The molecule has 1 fully saturated rings. The lowest BCUT2D eigenvalue weighted by Crippen LogP contribution is -2.38. The number of rotatable bonds is 4. The average molecular weight is 328 g/mol. The van der Waals surface area contributed by atoms with Crippen molar-refractivity contribution in [3.05, 3.63) is 41.3 Å². The summed E-state index contributed by atoms with van der Waals surface area (Å²) in [6.45, 7) is 3.54. The van der Waals surface area contributed by atoms with E-state index in [0.717, 1.165) is 31.5 Å². The molecule has 3 rings (SSSR count). The Morgan fingerprint density at radius 1 is 1.25 bits per heavy atom. The number of hydrogen-bond acceptors (Lipinski definition) is 5. The molecule has 1 aliphatic rings. The molecule has 1 saturated heterocycles. The summed E-state index contributed by atoms with van der Waals surface area (Å²) in [4.78, 5) is 20.7. The van der Waals surface area contributed by atoms with E-state index in [4.69, 9.17) is 4.52 Å². The summed E-state index contributed by atoms with van der Waals surface area (Å²) in [5.41, 5.74) is 2.28. The zero-order valence-corrected chi connectivity index (χ0v) is 14.5. The molecular formula is C18H24N4O2. The smallest absolute Gasteiger partial charge is 0.265 e. The summed E-state index contributed by atoms with van der Waals surface area (Å²) in [6.07, 6.45) is 2.21. The van der Waals surface area contributed by atoms with Crippen LogP contribution in [-0.2, 0) is 11.2 Å². The van der Waals surface area contributed by atoms with E-state index in [1.54, 1.807) is 0 Å². The lowest BCUT2D eigenvalue weighted by atomic mass is 9.96. The molecule has 24 heavy (non-hydrogen) atoms. The Hall–Kier alpha value is -2.37. The molecule has 0 saturated carbocycles. The number of likely N-dealkylation sites (tertiary alicyclic amines) is 1. The van der Waals surface area contributed by atoms with Crippen molar-refractivity contribution in [1.82, 2.24) is 15.0 Å². The van der Waals surface area contributed by atoms with Crippen LogP contribution in [0.5, 0.6) is 0 Å². The third-order valence-corrected chi connectivity index (χ3v) is 4.50. The number of benzene rings is 1. The standard InChI is InChI=1S/C18H24N4O2/c1-13-4-6-14(7-5-13)12-16(23)22-10-8-15(9-11-22)17-19-18(20-24-17)21(2)3/h4-7,15H,8-12H2,1-3H3. The molecule has 1 aromatic heterocycles. The highest BCUT2D eigenvalue weighted by Crippen LogP contribution is 2.28. The van der Waals surface area contributed by atoms with Crippen molar-refractivity contribution in [1.29, 1.82) is 0 Å². The SMILES string of the molecule is Cc1ccc(CC(=O)N2CCC(c3nc(N(C)C)no3)CC2)cc1. The van der Waals surface area contributed by atoms with Gasteiger partial charge in [-0.3, -0.25) is 4.79 Å². The van der Waals surface area contributed by atoms with E-state index in [9.17, 15) is 4.79 Å². The molecule has 6 heteroatoms. The van der Waals surface area contributed by atoms with E-state index in [0.29, 0.717) is 18.3 Å². The fourth-order valence-electron chi connectivity index (χ4n) is 2.94. The van der Waals surface area contributed by atoms with Gasteiger partial charge in [0.1, 0.15) is 0 Å². The Kier molecular flexibility index (Phi) is 4.83. The average Bonchev–Trinajstić information content (AvgIpc) is 3.07. The molecule has 0 bridgehead atoms. The number of aromatic nitrogens is 2. The first kappa shape index (κ1) is 16.5. The van der Waals surface area contributed by atoms with E-state index in [-0.39, 0.29) is 11.8 Å². The third-order valence-electron chi connectivity index (χ3n) is 4.50. The number of aryl methyl sites for hydroxylation is 1. The van der Waals surface area contributed by atoms with Gasteiger partial charge in [-0.1, -0.05) is 29.8 Å². The third kappa shape index (κ3) is 3.75. The molecule has 0 spiro atoms. The molecule has 0 aliphatic carbocycles. The van der Waals surface area contributed by atoms with Crippen LogP contribution in [0.15, 0.2) is 28.8 Å². The maximum absolute atomic E-state index is 12.5. The van der Waals surface area contributed by atoms with Crippen LogP contribution in [0.1, 0.15) is 35.8 Å². The Labute approximate surface area is 142 Å². The minimum absolute atomic E-state index is 0.191. The van der Waals surface area contributed by atoms with Gasteiger partial charge in [-0.25, -0.2) is 0 Å². The first-order valence-electron chi connectivity index (χ1n) is 8.37. The summed E-state index contributed by atoms with van der Waals surface area (Å²) >= 11 is 0. The predicted molar refractivity (Wildman–Crippen MR) is 92.1 cm³/mol. The molecular weight excluding hydrogens is 304 g/mol. The lowest BCUT2D eigenvalue weighted by Gasteiger charge is -2.30. The van der Waals surface area contributed by atoms with Crippen LogP contribution in [0.2, 0.25) is 0 Å². The molecule has 1 amide bonds. The number of carbonyl (C=O) groups is 1. The van der Waals surface area contributed by atoms with E-state index < -0.39 is 0 Å². The summed E-state index contributed by atoms with van der Waals surface area (Å²) in [5.74, 6) is 1.72. The number of carbonyl (C=O) groups excluding carboxylic acids is 1. The van der Waals surface area contributed by atoms with E-state index in [2.05, 4.69) is 17.1 Å². The molecule has 128 valence electrons. The first-order chi connectivity index (χ1) is 11.5. The Morgan fingerprint density at radius 2 is 1.92 bits per heavy atom. The molecule has 2 heterocycles. The largest absolute Gasteiger partial charge is 0.344 e. The summed E-state index contributed by atoms with van der Waals surface area (Å²) < 4.78 is 5.36. The topological polar surface area (TPSA) is 62.5 Å². The molecule has 1 aromatic carbocycles. The summed E-state index contributed by atoms with van der Waals surface area (Å²) in [7, 11) is 3.78. The second kappa shape index (κ2) is 7.03. The van der Waals surface area contributed by atoms with Gasteiger partial charge in [0.05, 0.1) is 6.42 Å². The number of piperidine rings is 1. The maximum atomic E-state index is 12.5. The van der Waals surface area contributed by atoms with Gasteiger partial charge < -0.3 is 14.3 Å². The number of amides is 1.